The maximum atomic E-state index is 11.5. The lowest BCUT2D eigenvalue weighted by Gasteiger charge is -2.02. The van der Waals surface area contributed by atoms with Crippen LogP contribution in [0.15, 0.2) is 24.3 Å². The van der Waals surface area contributed by atoms with Gasteiger partial charge in [-0.2, -0.15) is 0 Å². The zero-order valence-corrected chi connectivity index (χ0v) is 10.5. The molecule has 94 valence electrons. The van der Waals surface area contributed by atoms with Crippen LogP contribution in [0.3, 0.4) is 0 Å². The lowest BCUT2D eigenvalue weighted by atomic mass is 10.1. The monoisotopic (exact) mass is 244 g/mol. The molecule has 0 spiro atoms. The van der Waals surface area contributed by atoms with Crippen molar-refractivity contribution in [3.8, 4) is 0 Å². The first-order valence-electron chi connectivity index (χ1n) is 5.94. The number of para-hydroxylation sites is 1. The molecule has 0 saturated carbocycles. The smallest absolute Gasteiger partial charge is 0.226 e. The molecule has 4 heteroatoms. The minimum atomic E-state index is -0.310. The van der Waals surface area contributed by atoms with E-state index in [9.17, 15) is 9.59 Å². The van der Waals surface area contributed by atoms with Gasteiger partial charge in [-0.15, -0.1) is 0 Å². The van der Waals surface area contributed by atoms with Crippen molar-refractivity contribution in [3.63, 3.8) is 0 Å². The minimum absolute atomic E-state index is 0.229. The third-order valence-electron chi connectivity index (χ3n) is 2.94. The molecular weight excluding hydrogens is 228 g/mol. The number of aromatic nitrogens is 1. The number of rotatable bonds is 3. The van der Waals surface area contributed by atoms with Crippen molar-refractivity contribution in [1.29, 1.82) is 0 Å². The molecule has 1 heterocycles. The van der Waals surface area contributed by atoms with E-state index < -0.39 is 0 Å². The number of aryl methyl sites for hydroxylation is 2. The zero-order valence-electron chi connectivity index (χ0n) is 10.5. The lowest BCUT2D eigenvalue weighted by molar-refractivity contribution is -0.129. The molecular formula is C14H16N2O2. The van der Waals surface area contributed by atoms with Crippen molar-refractivity contribution in [1.82, 2.24) is 10.3 Å². The third kappa shape index (κ3) is 2.59. The van der Waals surface area contributed by atoms with E-state index in [0.717, 1.165) is 22.2 Å². The molecule has 2 rings (SSSR count). The molecule has 0 aliphatic carbocycles. The van der Waals surface area contributed by atoms with Crippen LogP contribution in [0.1, 0.15) is 24.6 Å². The fraction of sp³-hybridized carbons (Fsp3) is 0.286. The fourth-order valence-electron chi connectivity index (χ4n) is 2.15. The van der Waals surface area contributed by atoms with Gasteiger partial charge in [0.1, 0.15) is 0 Å². The summed E-state index contributed by atoms with van der Waals surface area (Å²) >= 11 is 0. The number of H-pyrrole nitrogens is 1. The Labute approximate surface area is 105 Å². The summed E-state index contributed by atoms with van der Waals surface area (Å²) < 4.78 is 0. The molecule has 1 aromatic heterocycles. The van der Waals surface area contributed by atoms with Crippen molar-refractivity contribution in [2.45, 2.75) is 26.7 Å². The highest BCUT2D eigenvalue weighted by molar-refractivity contribution is 5.94. The van der Waals surface area contributed by atoms with Crippen LogP contribution in [0.5, 0.6) is 0 Å². The van der Waals surface area contributed by atoms with Gasteiger partial charge in [-0.05, 0) is 25.0 Å². The molecule has 2 N–H and O–H groups in total. The summed E-state index contributed by atoms with van der Waals surface area (Å²) in [6, 6.07) is 8.01. The maximum Gasteiger partial charge on any atom is 0.226 e. The van der Waals surface area contributed by atoms with E-state index in [1.54, 1.807) is 0 Å². The lowest BCUT2D eigenvalue weighted by Crippen LogP contribution is -2.28. The number of carbonyl (C=O) groups excluding carboxylic acids is 2. The second kappa shape index (κ2) is 5.04. The van der Waals surface area contributed by atoms with Crippen molar-refractivity contribution < 1.29 is 9.59 Å². The number of amides is 2. The first-order valence-corrected chi connectivity index (χ1v) is 5.94. The minimum Gasteiger partial charge on any atom is -0.358 e. The van der Waals surface area contributed by atoms with Gasteiger partial charge in [0.2, 0.25) is 11.8 Å². The zero-order chi connectivity index (χ0) is 13.1. The standard InChI is InChI=1S/C14H16N2O2/c1-9-11(7-8-14(18)16-10(2)17)12-5-3-4-6-13(12)15-9/h3-6,15H,7-8H2,1-2H3,(H,16,17,18). The molecule has 0 fully saturated rings. The summed E-state index contributed by atoms with van der Waals surface area (Å²) in [7, 11) is 0. The molecule has 0 unspecified atom stereocenters. The largest absolute Gasteiger partial charge is 0.358 e. The first kappa shape index (κ1) is 12.4. The predicted molar refractivity (Wildman–Crippen MR) is 70.2 cm³/mol. The summed E-state index contributed by atoms with van der Waals surface area (Å²) in [6.45, 7) is 3.34. The van der Waals surface area contributed by atoms with E-state index in [0.29, 0.717) is 12.8 Å². The number of aromatic amines is 1. The molecule has 2 amide bonds. The van der Waals surface area contributed by atoms with Crippen molar-refractivity contribution in [2.75, 3.05) is 0 Å². The number of fused-ring (bicyclic) bond motifs is 1. The molecule has 2 aromatic rings. The van der Waals surface area contributed by atoms with Crippen LogP contribution in [0.4, 0.5) is 0 Å². The summed E-state index contributed by atoms with van der Waals surface area (Å²) in [4.78, 5) is 25.5. The molecule has 0 bridgehead atoms. The van der Waals surface area contributed by atoms with Gasteiger partial charge >= 0.3 is 0 Å². The second-order valence-corrected chi connectivity index (χ2v) is 4.38. The van der Waals surface area contributed by atoms with Gasteiger partial charge < -0.3 is 4.98 Å². The van der Waals surface area contributed by atoms with Gasteiger partial charge in [0, 0.05) is 29.9 Å². The van der Waals surface area contributed by atoms with E-state index in [4.69, 9.17) is 0 Å². The quantitative estimate of drug-likeness (QED) is 0.868. The molecule has 1 aromatic carbocycles. The van der Waals surface area contributed by atoms with Crippen molar-refractivity contribution in [2.24, 2.45) is 0 Å². The summed E-state index contributed by atoms with van der Waals surface area (Å²) in [5.74, 6) is -0.539. The second-order valence-electron chi connectivity index (χ2n) is 4.38. The Morgan fingerprint density at radius 2 is 2.00 bits per heavy atom. The maximum absolute atomic E-state index is 11.5. The molecule has 18 heavy (non-hydrogen) atoms. The highest BCUT2D eigenvalue weighted by Gasteiger charge is 2.10. The van der Waals surface area contributed by atoms with Gasteiger partial charge in [-0.25, -0.2) is 0 Å². The summed E-state index contributed by atoms with van der Waals surface area (Å²) in [6.07, 6.45) is 0.956. The molecule has 0 radical (unpaired) electrons. The Bertz CT molecular complexity index is 599. The number of nitrogens with one attached hydrogen (secondary N) is 2. The Balaban J connectivity index is 2.14. The average molecular weight is 244 g/mol. The Kier molecular flexibility index (Phi) is 3.46. The Morgan fingerprint density at radius 3 is 2.72 bits per heavy atom. The number of hydrogen-bond donors (Lipinski definition) is 2. The molecule has 0 saturated heterocycles. The van der Waals surface area contributed by atoms with Crippen LogP contribution in [-0.2, 0) is 16.0 Å². The van der Waals surface area contributed by atoms with Crippen LogP contribution < -0.4 is 5.32 Å². The van der Waals surface area contributed by atoms with Gasteiger partial charge in [0.15, 0.2) is 0 Å². The summed E-state index contributed by atoms with van der Waals surface area (Å²) in [5.41, 5.74) is 3.30. The van der Waals surface area contributed by atoms with Crippen molar-refractivity contribution >= 4 is 22.7 Å². The Morgan fingerprint density at radius 1 is 1.28 bits per heavy atom. The molecule has 0 aliphatic rings. The number of imide groups is 1. The fourth-order valence-corrected chi connectivity index (χ4v) is 2.15. The van der Waals surface area contributed by atoms with E-state index in [1.807, 2.05) is 31.2 Å². The van der Waals surface area contributed by atoms with Crippen LogP contribution in [-0.4, -0.2) is 16.8 Å². The average Bonchev–Trinajstić information content (AvgIpc) is 2.61. The normalized spacial score (nSPS) is 10.6. The van der Waals surface area contributed by atoms with Crippen LogP contribution >= 0.6 is 0 Å². The number of hydrogen-bond acceptors (Lipinski definition) is 2. The number of carbonyl (C=O) groups is 2. The first-order chi connectivity index (χ1) is 8.58. The van der Waals surface area contributed by atoms with Gasteiger partial charge in [-0.1, -0.05) is 18.2 Å². The third-order valence-corrected chi connectivity index (χ3v) is 2.94. The van der Waals surface area contributed by atoms with Gasteiger partial charge in [0.25, 0.3) is 0 Å². The highest BCUT2D eigenvalue weighted by atomic mass is 16.2. The van der Waals surface area contributed by atoms with Crippen molar-refractivity contribution in [3.05, 3.63) is 35.5 Å². The van der Waals surface area contributed by atoms with E-state index in [2.05, 4.69) is 10.3 Å². The van der Waals surface area contributed by atoms with Crippen LogP contribution in [0, 0.1) is 6.92 Å². The topological polar surface area (TPSA) is 62.0 Å². The van der Waals surface area contributed by atoms with E-state index in [1.165, 1.54) is 6.92 Å². The number of benzene rings is 1. The molecule has 4 nitrogen and oxygen atoms in total. The molecule has 0 atom stereocenters. The SMILES string of the molecule is CC(=O)NC(=O)CCc1c(C)[nH]c2ccccc12. The highest BCUT2D eigenvalue weighted by Crippen LogP contribution is 2.22. The van der Waals surface area contributed by atoms with E-state index >= 15 is 0 Å². The van der Waals surface area contributed by atoms with Crippen LogP contribution in [0.25, 0.3) is 10.9 Å². The Hall–Kier alpha value is -2.10. The predicted octanol–water partition coefficient (Wildman–Crippen LogP) is 2.07. The molecule has 0 aliphatic heterocycles. The van der Waals surface area contributed by atoms with E-state index in [-0.39, 0.29) is 11.8 Å². The summed E-state index contributed by atoms with van der Waals surface area (Å²) in [5, 5.41) is 3.43. The van der Waals surface area contributed by atoms with Gasteiger partial charge in [0.05, 0.1) is 0 Å². The van der Waals surface area contributed by atoms with Gasteiger partial charge in [-0.3, -0.25) is 14.9 Å². The van der Waals surface area contributed by atoms with Crippen LogP contribution in [0.2, 0.25) is 0 Å².